The molecule has 0 N–H and O–H groups in total. The van der Waals surface area contributed by atoms with Crippen molar-refractivity contribution < 1.29 is 0 Å². The van der Waals surface area contributed by atoms with Crippen molar-refractivity contribution in [1.82, 2.24) is 5.01 Å². The summed E-state index contributed by atoms with van der Waals surface area (Å²) < 4.78 is 0. The average Bonchev–Trinajstić information content (AvgIpc) is 2.28. The predicted molar refractivity (Wildman–Crippen MR) is 70.6 cm³/mol. The first-order valence-corrected chi connectivity index (χ1v) is 5.46. The quantitative estimate of drug-likeness (QED) is 0.420. The van der Waals surface area contributed by atoms with Crippen LogP contribution in [0.2, 0.25) is 0 Å². The molecule has 1 atom stereocenters. The Kier molecular flexibility index (Phi) is 4.29. The molecule has 0 bridgehead atoms. The van der Waals surface area contributed by atoms with Crippen molar-refractivity contribution in [3.05, 3.63) is 48.6 Å². The van der Waals surface area contributed by atoms with E-state index < -0.39 is 0 Å². The van der Waals surface area contributed by atoms with Crippen molar-refractivity contribution in [2.75, 3.05) is 14.1 Å². The van der Waals surface area contributed by atoms with Crippen LogP contribution in [0, 0.1) is 5.41 Å². The molecule has 0 spiro atoms. The van der Waals surface area contributed by atoms with Crippen molar-refractivity contribution in [3.8, 4) is 0 Å². The van der Waals surface area contributed by atoms with Gasteiger partial charge < -0.3 is 5.01 Å². The van der Waals surface area contributed by atoms with Crippen LogP contribution in [0.5, 0.6) is 0 Å². The van der Waals surface area contributed by atoms with Gasteiger partial charge >= 0.3 is 0 Å². The highest BCUT2D eigenvalue weighted by atomic mass is 15.4. The van der Waals surface area contributed by atoms with Gasteiger partial charge in [0.2, 0.25) is 0 Å². The number of rotatable bonds is 5. The molecule has 86 valence electrons. The molecule has 1 unspecified atom stereocenters. The Balaban J connectivity index is 2.78. The molecule has 0 aromatic heterocycles. The van der Waals surface area contributed by atoms with Gasteiger partial charge in [-0.15, -0.1) is 6.58 Å². The Labute approximate surface area is 98.3 Å². The van der Waals surface area contributed by atoms with Gasteiger partial charge in [0, 0.05) is 25.7 Å². The molecule has 16 heavy (non-hydrogen) atoms. The summed E-state index contributed by atoms with van der Waals surface area (Å²) in [6.07, 6.45) is 4.83. The van der Waals surface area contributed by atoms with E-state index in [1.165, 1.54) is 5.56 Å². The smallest absolute Gasteiger partial charge is 0.0345 e. The molecule has 0 amide bonds. The molecule has 0 aliphatic heterocycles. The standard InChI is InChI=1S/C14H20N2/c1-5-14(2,12-15-16(3)4)11-13-9-7-6-8-10-13/h5-10,12H,1,11H2,2-4H3/b15-12+. The average molecular weight is 216 g/mol. The summed E-state index contributed by atoms with van der Waals surface area (Å²) in [6, 6.07) is 10.4. The zero-order valence-electron chi connectivity index (χ0n) is 10.4. The van der Waals surface area contributed by atoms with Crippen molar-refractivity contribution in [1.29, 1.82) is 0 Å². The molecular formula is C14H20N2. The van der Waals surface area contributed by atoms with Gasteiger partial charge in [0.05, 0.1) is 0 Å². The molecule has 2 heteroatoms. The molecule has 0 fully saturated rings. The Morgan fingerprint density at radius 2 is 1.94 bits per heavy atom. The largest absolute Gasteiger partial charge is 0.303 e. The number of nitrogens with zero attached hydrogens (tertiary/aromatic N) is 2. The maximum atomic E-state index is 4.30. The van der Waals surface area contributed by atoms with E-state index in [-0.39, 0.29) is 5.41 Å². The molecule has 0 radical (unpaired) electrons. The fraction of sp³-hybridized carbons (Fsp3) is 0.357. The lowest BCUT2D eigenvalue weighted by Gasteiger charge is -2.21. The van der Waals surface area contributed by atoms with Gasteiger partial charge in [-0.25, -0.2) is 0 Å². The van der Waals surface area contributed by atoms with Gasteiger partial charge in [-0.1, -0.05) is 43.3 Å². The van der Waals surface area contributed by atoms with E-state index in [1.807, 2.05) is 32.5 Å². The van der Waals surface area contributed by atoms with Crippen LogP contribution in [0.15, 0.2) is 48.1 Å². The third kappa shape index (κ3) is 3.89. The first-order chi connectivity index (χ1) is 7.56. The lowest BCUT2D eigenvalue weighted by atomic mass is 9.85. The van der Waals surface area contributed by atoms with E-state index in [9.17, 15) is 0 Å². The van der Waals surface area contributed by atoms with Crippen LogP contribution in [-0.4, -0.2) is 25.3 Å². The second kappa shape index (κ2) is 5.50. The highest BCUT2D eigenvalue weighted by molar-refractivity contribution is 5.68. The van der Waals surface area contributed by atoms with Gasteiger partial charge in [-0.05, 0) is 12.0 Å². The topological polar surface area (TPSA) is 15.6 Å². The molecule has 0 aliphatic rings. The highest BCUT2D eigenvalue weighted by Crippen LogP contribution is 2.21. The molecule has 1 aromatic rings. The third-order valence-electron chi connectivity index (χ3n) is 2.48. The lowest BCUT2D eigenvalue weighted by Crippen LogP contribution is -2.20. The zero-order valence-corrected chi connectivity index (χ0v) is 10.4. The molecule has 1 aromatic carbocycles. The zero-order chi connectivity index (χ0) is 12.0. The summed E-state index contributed by atoms with van der Waals surface area (Å²) in [5.41, 5.74) is 1.21. The molecule has 0 saturated carbocycles. The Morgan fingerprint density at radius 3 is 2.44 bits per heavy atom. The molecular weight excluding hydrogens is 196 g/mol. The van der Waals surface area contributed by atoms with E-state index >= 15 is 0 Å². The maximum absolute atomic E-state index is 4.30. The first-order valence-electron chi connectivity index (χ1n) is 5.46. The fourth-order valence-electron chi connectivity index (χ4n) is 1.45. The summed E-state index contributed by atoms with van der Waals surface area (Å²) in [5.74, 6) is 0. The third-order valence-corrected chi connectivity index (χ3v) is 2.48. The maximum Gasteiger partial charge on any atom is 0.0345 e. The normalized spacial score (nSPS) is 14.7. The van der Waals surface area contributed by atoms with Crippen LogP contribution in [-0.2, 0) is 6.42 Å². The molecule has 0 saturated heterocycles. The minimum atomic E-state index is -0.0916. The van der Waals surface area contributed by atoms with Crippen LogP contribution < -0.4 is 0 Å². The van der Waals surface area contributed by atoms with Gasteiger partial charge in [0.15, 0.2) is 0 Å². The summed E-state index contributed by atoms with van der Waals surface area (Å²) in [6.45, 7) is 6.04. The van der Waals surface area contributed by atoms with E-state index in [1.54, 1.807) is 5.01 Å². The van der Waals surface area contributed by atoms with Crippen molar-refractivity contribution in [2.24, 2.45) is 10.5 Å². The first kappa shape index (κ1) is 12.5. The second-order valence-electron chi connectivity index (χ2n) is 4.46. The van der Waals surface area contributed by atoms with Gasteiger partial charge in [0.25, 0.3) is 0 Å². The van der Waals surface area contributed by atoms with Crippen LogP contribution in [0.1, 0.15) is 12.5 Å². The minimum Gasteiger partial charge on any atom is -0.303 e. The molecule has 1 rings (SSSR count). The van der Waals surface area contributed by atoms with Crippen molar-refractivity contribution in [3.63, 3.8) is 0 Å². The van der Waals surface area contributed by atoms with Gasteiger partial charge in [-0.3, -0.25) is 0 Å². The lowest BCUT2D eigenvalue weighted by molar-refractivity contribution is 0.430. The number of allylic oxidation sites excluding steroid dienone is 1. The molecule has 0 heterocycles. The highest BCUT2D eigenvalue weighted by Gasteiger charge is 2.18. The number of benzene rings is 1. The predicted octanol–water partition coefficient (Wildman–Crippen LogP) is 2.97. The van der Waals surface area contributed by atoms with Crippen LogP contribution in [0.3, 0.4) is 0 Å². The summed E-state index contributed by atoms with van der Waals surface area (Å²) >= 11 is 0. The number of hydrogen-bond acceptors (Lipinski definition) is 2. The van der Waals surface area contributed by atoms with Gasteiger partial charge in [0.1, 0.15) is 0 Å². The van der Waals surface area contributed by atoms with Crippen LogP contribution in [0.4, 0.5) is 0 Å². The fourth-order valence-corrected chi connectivity index (χ4v) is 1.45. The Morgan fingerprint density at radius 1 is 1.31 bits per heavy atom. The van der Waals surface area contributed by atoms with E-state index in [0.717, 1.165) is 6.42 Å². The number of hydrazone groups is 1. The Bertz CT molecular complexity index is 354. The van der Waals surface area contributed by atoms with E-state index in [0.29, 0.717) is 0 Å². The number of hydrogen-bond donors (Lipinski definition) is 0. The summed E-state index contributed by atoms with van der Waals surface area (Å²) in [4.78, 5) is 0. The summed E-state index contributed by atoms with van der Waals surface area (Å²) in [5, 5.41) is 6.10. The van der Waals surface area contributed by atoms with E-state index in [2.05, 4.69) is 42.9 Å². The van der Waals surface area contributed by atoms with Gasteiger partial charge in [-0.2, -0.15) is 5.10 Å². The Hall–Kier alpha value is -1.57. The monoisotopic (exact) mass is 216 g/mol. The minimum absolute atomic E-state index is 0.0916. The molecule has 2 nitrogen and oxygen atoms in total. The van der Waals surface area contributed by atoms with Crippen LogP contribution >= 0.6 is 0 Å². The van der Waals surface area contributed by atoms with Crippen LogP contribution in [0.25, 0.3) is 0 Å². The summed E-state index contributed by atoms with van der Waals surface area (Å²) in [7, 11) is 3.84. The van der Waals surface area contributed by atoms with Crippen molar-refractivity contribution >= 4 is 6.21 Å². The second-order valence-corrected chi connectivity index (χ2v) is 4.46. The molecule has 0 aliphatic carbocycles. The van der Waals surface area contributed by atoms with E-state index in [4.69, 9.17) is 0 Å². The van der Waals surface area contributed by atoms with Crippen molar-refractivity contribution in [2.45, 2.75) is 13.3 Å². The SMILES string of the molecule is C=CC(C)(/C=N/N(C)C)Cc1ccccc1.